The number of amides is 1. The third kappa shape index (κ3) is 5.35. The molecule has 0 saturated carbocycles. The monoisotopic (exact) mass is 280 g/mol. The van der Waals surface area contributed by atoms with Crippen LogP contribution in [0.5, 0.6) is 0 Å². The summed E-state index contributed by atoms with van der Waals surface area (Å²) in [5.41, 5.74) is 5.46. The smallest absolute Gasteiger partial charge is 0.252 e. The van der Waals surface area contributed by atoms with Gasteiger partial charge in [-0.1, -0.05) is 11.6 Å². The van der Waals surface area contributed by atoms with Crippen molar-refractivity contribution in [3.05, 3.63) is 34.6 Å². The summed E-state index contributed by atoms with van der Waals surface area (Å²) >= 11 is 5.74. The Hall–Kier alpha value is -0.840. The molecule has 96 valence electrons. The van der Waals surface area contributed by atoms with Crippen molar-refractivity contribution < 1.29 is 9.18 Å². The van der Waals surface area contributed by atoms with Gasteiger partial charge in [-0.2, -0.15) is 0 Å². The maximum absolute atomic E-state index is 12.7. The third-order valence-electron chi connectivity index (χ3n) is 1.88. The third-order valence-corrected chi connectivity index (χ3v) is 2.19. The highest BCUT2D eigenvalue weighted by Crippen LogP contribution is 2.17. The molecule has 17 heavy (non-hydrogen) atoms. The molecule has 3 nitrogen and oxygen atoms in total. The van der Waals surface area contributed by atoms with E-state index in [1.54, 1.807) is 13.8 Å². The number of nitrogens with one attached hydrogen (secondary N) is 1. The van der Waals surface area contributed by atoms with Gasteiger partial charge in [-0.3, -0.25) is 4.79 Å². The second-order valence-electron chi connectivity index (χ2n) is 4.30. The maximum atomic E-state index is 12.7. The van der Waals surface area contributed by atoms with Gasteiger partial charge in [-0.15, -0.1) is 12.4 Å². The molecule has 1 aromatic rings. The Morgan fingerprint density at radius 3 is 2.59 bits per heavy atom. The van der Waals surface area contributed by atoms with Gasteiger partial charge in [-0.25, -0.2) is 4.39 Å². The van der Waals surface area contributed by atoms with Gasteiger partial charge in [0, 0.05) is 12.1 Å². The van der Waals surface area contributed by atoms with Crippen molar-refractivity contribution in [2.45, 2.75) is 19.4 Å². The van der Waals surface area contributed by atoms with Crippen LogP contribution in [-0.4, -0.2) is 18.0 Å². The molecule has 0 saturated heterocycles. The molecule has 0 fully saturated rings. The average molecular weight is 281 g/mol. The fourth-order valence-electron chi connectivity index (χ4n) is 1.08. The molecule has 1 amide bonds. The fraction of sp³-hybridized carbons (Fsp3) is 0.364. The Morgan fingerprint density at radius 2 is 2.12 bits per heavy atom. The van der Waals surface area contributed by atoms with Crippen LogP contribution in [0.25, 0.3) is 0 Å². The minimum atomic E-state index is -0.498. The SMILES string of the molecule is CC(C)(N)CNC(=O)c1ccc(F)cc1Cl.Cl. The molecule has 0 bridgehead atoms. The molecular formula is C11H15Cl2FN2O. The quantitative estimate of drug-likeness (QED) is 0.893. The zero-order valence-electron chi connectivity index (χ0n) is 9.59. The van der Waals surface area contributed by atoms with E-state index >= 15 is 0 Å². The first-order valence-corrected chi connectivity index (χ1v) is 5.19. The highest BCUT2D eigenvalue weighted by molar-refractivity contribution is 6.33. The number of carbonyl (C=O) groups is 1. The van der Waals surface area contributed by atoms with E-state index in [1.165, 1.54) is 12.1 Å². The molecule has 0 aliphatic rings. The summed E-state index contributed by atoms with van der Waals surface area (Å²) in [5.74, 6) is -0.829. The molecule has 6 heteroatoms. The van der Waals surface area contributed by atoms with Crippen molar-refractivity contribution in [1.29, 1.82) is 0 Å². The highest BCUT2D eigenvalue weighted by atomic mass is 35.5. The fourth-order valence-corrected chi connectivity index (χ4v) is 1.33. The van der Waals surface area contributed by atoms with Crippen LogP contribution in [0.4, 0.5) is 4.39 Å². The second kappa shape index (κ2) is 6.19. The normalized spacial score (nSPS) is 10.6. The standard InChI is InChI=1S/C11H14ClFN2O.ClH/c1-11(2,14)6-15-10(16)8-4-3-7(13)5-9(8)12;/h3-5H,6,14H2,1-2H3,(H,15,16);1H. The average Bonchev–Trinajstić information content (AvgIpc) is 2.13. The topological polar surface area (TPSA) is 55.1 Å². The molecule has 0 atom stereocenters. The van der Waals surface area contributed by atoms with Crippen molar-refractivity contribution in [3.63, 3.8) is 0 Å². The molecule has 0 aliphatic carbocycles. The van der Waals surface area contributed by atoms with E-state index < -0.39 is 11.4 Å². The zero-order chi connectivity index (χ0) is 12.3. The summed E-state index contributed by atoms with van der Waals surface area (Å²) in [6.07, 6.45) is 0. The minimum Gasteiger partial charge on any atom is -0.350 e. The first-order chi connectivity index (χ1) is 7.29. The molecule has 0 radical (unpaired) electrons. The Bertz CT molecular complexity index is 405. The summed E-state index contributed by atoms with van der Waals surface area (Å²) in [6, 6.07) is 3.63. The molecule has 1 aromatic carbocycles. The summed E-state index contributed by atoms with van der Waals surface area (Å²) in [6.45, 7) is 3.90. The first kappa shape index (κ1) is 16.2. The molecule has 3 N–H and O–H groups in total. The van der Waals surface area contributed by atoms with E-state index in [4.69, 9.17) is 17.3 Å². The largest absolute Gasteiger partial charge is 0.350 e. The molecule has 0 aromatic heterocycles. The van der Waals surface area contributed by atoms with Gasteiger partial charge in [0.25, 0.3) is 5.91 Å². The number of halogens is 3. The number of hydrogen-bond donors (Lipinski definition) is 2. The number of carbonyl (C=O) groups excluding carboxylic acids is 1. The summed E-state index contributed by atoms with van der Waals surface area (Å²) in [7, 11) is 0. The van der Waals surface area contributed by atoms with Crippen LogP contribution in [0.15, 0.2) is 18.2 Å². The summed E-state index contributed by atoms with van der Waals surface area (Å²) < 4.78 is 12.7. The van der Waals surface area contributed by atoms with Crippen LogP contribution in [0.1, 0.15) is 24.2 Å². The van der Waals surface area contributed by atoms with E-state index in [1.807, 2.05) is 0 Å². The first-order valence-electron chi connectivity index (χ1n) is 4.82. The van der Waals surface area contributed by atoms with E-state index in [-0.39, 0.29) is 28.9 Å². The number of hydrogen-bond acceptors (Lipinski definition) is 2. The van der Waals surface area contributed by atoms with Gasteiger partial charge in [0.2, 0.25) is 0 Å². The zero-order valence-corrected chi connectivity index (χ0v) is 11.2. The van der Waals surface area contributed by atoms with Crippen LogP contribution in [-0.2, 0) is 0 Å². The van der Waals surface area contributed by atoms with E-state index in [0.29, 0.717) is 6.54 Å². The van der Waals surface area contributed by atoms with Crippen LogP contribution in [0.2, 0.25) is 5.02 Å². The van der Waals surface area contributed by atoms with Gasteiger partial charge in [0.1, 0.15) is 5.82 Å². The van der Waals surface area contributed by atoms with Gasteiger partial charge >= 0.3 is 0 Å². The van der Waals surface area contributed by atoms with Gasteiger partial charge in [0.15, 0.2) is 0 Å². The number of rotatable bonds is 3. The predicted molar refractivity (Wildman–Crippen MR) is 69.3 cm³/mol. The second-order valence-corrected chi connectivity index (χ2v) is 4.70. The lowest BCUT2D eigenvalue weighted by atomic mass is 10.1. The van der Waals surface area contributed by atoms with Gasteiger partial charge < -0.3 is 11.1 Å². The molecule has 0 aliphatic heterocycles. The van der Waals surface area contributed by atoms with Crippen LogP contribution < -0.4 is 11.1 Å². The summed E-state index contributed by atoms with van der Waals surface area (Å²) in [4.78, 5) is 11.6. The van der Waals surface area contributed by atoms with Crippen LogP contribution in [0.3, 0.4) is 0 Å². The Kier molecular flexibility index (Phi) is 5.88. The van der Waals surface area contributed by atoms with Crippen LogP contribution >= 0.6 is 24.0 Å². The Labute approximate surface area is 111 Å². The van der Waals surface area contributed by atoms with E-state index in [2.05, 4.69) is 5.32 Å². The lowest BCUT2D eigenvalue weighted by molar-refractivity contribution is 0.0946. The van der Waals surface area contributed by atoms with Crippen molar-refractivity contribution in [2.24, 2.45) is 5.73 Å². The highest BCUT2D eigenvalue weighted by Gasteiger charge is 2.15. The number of nitrogens with two attached hydrogens (primary N) is 1. The van der Waals surface area contributed by atoms with Gasteiger partial charge in [-0.05, 0) is 32.0 Å². The van der Waals surface area contributed by atoms with E-state index in [9.17, 15) is 9.18 Å². The van der Waals surface area contributed by atoms with Crippen molar-refractivity contribution in [3.8, 4) is 0 Å². The Balaban J connectivity index is 0.00000256. The van der Waals surface area contributed by atoms with Crippen molar-refractivity contribution in [1.82, 2.24) is 5.32 Å². The molecule has 0 unspecified atom stereocenters. The van der Waals surface area contributed by atoms with Crippen molar-refractivity contribution in [2.75, 3.05) is 6.54 Å². The molecule has 0 spiro atoms. The molecule has 1 rings (SSSR count). The van der Waals surface area contributed by atoms with Crippen molar-refractivity contribution >= 4 is 29.9 Å². The van der Waals surface area contributed by atoms with Gasteiger partial charge in [0.05, 0.1) is 10.6 Å². The lowest BCUT2D eigenvalue weighted by Crippen LogP contribution is -2.45. The van der Waals surface area contributed by atoms with Crippen LogP contribution in [0, 0.1) is 5.82 Å². The lowest BCUT2D eigenvalue weighted by Gasteiger charge is -2.19. The summed E-state index contributed by atoms with van der Waals surface area (Å²) in [5, 5.41) is 2.72. The van der Waals surface area contributed by atoms with E-state index in [0.717, 1.165) is 6.07 Å². The number of benzene rings is 1. The minimum absolute atomic E-state index is 0. The molecular weight excluding hydrogens is 266 g/mol. The maximum Gasteiger partial charge on any atom is 0.252 e. The Morgan fingerprint density at radius 1 is 1.53 bits per heavy atom. The molecule has 0 heterocycles. The predicted octanol–water partition coefficient (Wildman–Crippen LogP) is 2.37.